The Morgan fingerprint density at radius 2 is 1.42 bits per heavy atom. The van der Waals surface area contributed by atoms with Gasteiger partial charge in [-0.05, 0) is 12.8 Å². The van der Waals surface area contributed by atoms with Gasteiger partial charge in [-0.15, -0.1) is 0 Å². The molecule has 2 atom stereocenters. The Labute approximate surface area is 189 Å². The molecule has 31 heavy (non-hydrogen) atoms. The van der Waals surface area contributed by atoms with Gasteiger partial charge in [0.2, 0.25) is 0 Å². The third-order valence-corrected chi connectivity index (χ3v) is 5.41. The molecule has 2 unspecified atom stereocenters. The maximum atomic E-state index is 11.6. The van der Waals surface area contributed by atoms with Gasteiger partial charge in [-0.1, -0.05) is 71.1 Å². The fourth-order valence-electron chi connectivity index (χ4n) is 3.54. The van der Waals surface area contributed by atoms with Gasteiger partial charge in [-0.2, -0.15) is 0 Å². The summed E-state index contributed by atoms with van der Waals surface area (Å²) in [7, 11) is 0. The Kier molecular flexibility index (Phi) is 19.3. The van der Waals surface area contributed by atoms with Gasteiger partial charge in [0.15, 0.2) is 6.10 Å². The highest BCUT2D eigenvalue weighted by atomic mass is 16.6. The zero-order valence-electron chi connectivity index (χ0n) is 19.7. The van der Waals surface area contributed by atoms with E-state index in [0.29, 0.717) is 52.7 Å². The quantitative estimate of drug-likeness (QED) is 0.368. The van der Waals surface area contributed by atoms with Crippen molar-refractivity contribution in [1.82, 2.24) is 0 Å². The zero-order valence-corrected chi connectivity index (χ0v) is 19.7. The van der Waals surface area contributed by atoms with E-state index in [1.807, 2.05) is 0 Å². The van der Waals surface area contributed by atoms with E-state index in [2.05, 4.69) is 6.92 Å². The Balaban J connectivity index is 2.18. The first-order valence-electron chi connectivity index (χ1n) is 12.4. The second-order valence-electron chi connectivity index (χ2n) is 8.28. The van der Waals surface area contributed by atoms with E-state index in [4.69, 9.17) is 23.7 Å². The summed E-state index contributed by atoms with van der Waals surface area (Å²) >= 11 is 0. The molecular formula is C24H46O7. The number of carboxylic acids is 1. The molecule has 0 amide bonds. The lowest BCUT2D eigenvalue weighted by Gasteiger charge is -2.21. The fourth-order valence-corrected chi connectivity index (χ4v) is 3.54. The highest BCUT2D eigenvalue weighted by Gasteiger charge is 2.20. The maximum Gasteiger partial charge on any atom is 0.332 e. The van der Waals surface area contributed by atoms with Crippen LogP contribution in [0.15, 0.2) is 0 Å². The predicted octanol–water partition coefficient (Wildman–Crippen LogP) is 4.61. The summed E-state index contributed by atoms with van der Waals surface area (Å²) in [5.74, 6) is -0.904. The van der Waals surface area contributed by atoms with Crippen LogP contribution in [-0.2, 0) is 28.5 Å². The smallest absolute Gasteiger partial charge is 0.332 e. The molecule has 1 N–H and O–H groups in total. The van der Waals surface area contributed by atoms with Crippen LogP contribution < -0.4 is 0 Å². The number of hydrogen-bond donors (Lipinski definition) is 1. The monoisotopic (exact) mass is 446 g/mol. The van der Waals surface area contributed by atoms with Crippen LogP contribution in [0.5, 0.6) is 0 Å². The molecule has 0 aliphatic carbocycles. The van der Waals surface area contributed by atoms with Crippen molar-refractivity contribution in [2.75, 3.05) is 52.9 Å². The average molecular weight is 447 g/mol. The van der Waals surface area contributed by atoms with Gasteiger partial charge in [0.1, 0.15) is 6.10 Å². The number of aliphatic carboxylic acids is 1. The molecule has 0 saturated carbocycles. The Morgan fingerprint density at radius 3 is 2.06 bits per heavy atom. The van der Waals surface area contributed by atoms with E-state index in [-0.39, 0.29) is 12.7 Å². The summed E-state index contributed by atoms with van der Waals surface area (Å²) < 4.78 is 28.0. The van der Waals surface area contributed by atoms with Crippen molar-refractivity contribution >= 4 is 5.97 Å². The molecule has 0 aromatic rings. The predicted molar refractivity (Wildman–Crippen MR) is 121 cm³/mol. The van der Waals surface area contributed by atoms with Crippen molar-refractivity contribution in [3.8, 4) is 0 Å². The summed E-state index contributed by atoms with van der Waals surface area (Å²) in [5, 5.41) is 9.50. The lowest BCUT2D eigenvalue weighted by atomic mass is 10.0. The molecule has 1 aliphatic heterocycles. The van der Waals surface area contributed by atoms with E-state index in [0.717, 1.165) is 19.3 Å². The Bertz CT molecular complexity index is 391. The highest BCUT2D eigenvalue weighted by Crippen LogP contribution is 2.13. The summed E-state index contributed by atoms with van der Waals surface area (Å²) in [6, 6.07) is 0. The summed E-state index contributed by atoms with van der Waals surface area (Å²) in [6.07, 6.45) is 12.6. The number of carboxylic acid groups (broad SMARTS) is 1. The average Bonchev–Trinajstić information content (AvgIpc) is 2.78. The van der Waals surface area contributed by atoms with E-state index < -0.39 is 12.1 Å². The minimum absolute atomic E-state index is 0.204. The van der Waals surface area contributed by atoms with Gasteiger partial charge in [0, 0.05) is 13.2 Å². The number of rotatable bonds is 15. The second-order valence-corrected chi connectivity index (χ2v) is 8.28. The first-order valence-corrected chi connectivity index (χ1v) is 12.4. The van der Waals surface area contributed by atoms with Gasteiger partial charge in [-0.3, -0.25) is 0 Å². The fraction of sp³-hybridized carbons (Fsp3) is 0.958. The van der Waals surface area contributed by atoms with Gasteiger partial charge >= 0.3 is 5.97 Å². The molecule has 1 aliphatic rings. The molecule has 1 saturated heterocycles. The number of ether oxygens (including phenoxy) is 5. The Hall–Kier alpha value is -0.730. The standard InChI is InChI=1S/C24H46O7/c1-2-3-4-5-6-7-8-9-10-11-13-23(24(25)26)31-21-22-20-29-17-16-27-14-12-15-28-18-19-30-22/h22-23H,2-21H2,1H3,(H,25,26). The van der Waals surface area contributed by atoms with Crippen LogP contribution >= 0.6 is 0 Å². The van der Waals surface area contributed by atoms with Crippen molar-refractivity contribution in [2.45, 2.75) is 96.2 Å². The topological polar surface area (TPSA) is 83.5 Å². The molecule has 0 aromatic carbocycles. The van der Waals surface area contributed by atoms with Gasteiger partial charge in [0.05, 0.1) is 39.6 Å². The molecule has 1 heterocycles. The minimum atomic E-state index is -0.904. The number of hydrogen-bond acceptors (Lipinski definition) is 6. The van der Waals surface area contributed by atoms with E-state index >= 15 is 0 Å². The number of unbranched alkanes of at least 4 members (excludes halogenated alkanes) is 9. The number of carbonyl (C=O) groups is 1. The van der Waals surface area contributed by atoms with Crippen molar-refractivity contribution in [3.05, 3.63) is 0 Å². The van der Waals surface area contributed by atoms with Crippen LogP contribution in [0.25, 0.3) is 0 Å². The van der Waals surface area contributed by atoms with E-state index in [9.17, 15) is 9.90 Å². The van der Waals surface area contributed by atoms with Gasteiger partial charge in [0.25, 0.3) is 0 Å². The zero-order chi connectivity index (χ0) is 22.4. The summed E-state index contributed by atoms with van der Waals surface area (Å²) in [6.45, 7) is 6.06. The van der Waals surface area contributed by atoms with Gasteiger partial charge < -0.3 is 28.8 Å². The maximum absolute atomic E-state index is 11.6. The van der Waals surface area contributed by atoms with E-state index in [1.54, 1.807) is 0 Å². The van der Waals surface area contributed by atoms with Gasteiger partial charge in [-0.25, -0.2) is 4.79 Å². The Morgan fingerprint density at radius 1 is 0.839 bits per heavy atom. The molecule has 0 spiro atoms. The van der Waals surface area contributed by atoms with Crippen molar-refractivity contribution in [2.24, 2.45) is 0 Å². The summed E-state index contributed by atoms with van der Waals surface area (Å²) in [5.41, 5.74) is 0. The third kappa shape index (κ3) is 17.5. The lowest BCUT2D eigenvalue weighted by Crippen LogP contribution is -2.33. The van der Waals surface area contributed by atoms with Crippen LogP contribution in [0, 0.1) is 0 Å². The molecule has 1 rings (SSSR count). The largest absolute Gasteiger partial charge is 0.479 e. The third-order valence-electron chi connectivity index (χ3n) is 5.41. The van der Waals surface area contributed by atoms with Crippen molar-refractivity contribution in [1.29, 1.82) is 0 Å². The normalized spacial score (nSPS) is 20.4. The molecule has 7 nitrogen and oxygen atoms in total. The van der Waals surface area contributed by atoms with Crippen LogP contribution in [-0.4, -0.2) is 76.1 Å². The molecule has 184 valence electrons. The molecule has 0 aromatic heterocycles. The van der Waals surface area contributed by atoms with E-state index in [1.165, 1.54) is 51.4 Å². The van der Waals surface area contributed by atoms with Crippen LogP contribution in [0.1, 0.15) is 84.0 Å². The second kappa shape index (κ2) is 21.1. The first kappa shape index (κ1) is 28.3. The highest BCUT2D eigenvalue weighted by molar-refractivity contribution is 5.72. The minimum Gasteiger partial charge on any atom is -0.479 e. The first-order chi connectivity index (χ1) is 15.2. The SMILES string of the molecule is CCCCCCCCCCCCC(OCC1COCCOCCCOCCO1)C(=O)O. The van der Waals surface area contributed by atoms with Crippen LogP contribution in [0.2, 0.25) is 0 Å². The molecule has 1 fully saturated rings. The van der Waals surface area contributed by atoms with Crippen molar-refractivity contribution in [3.63, 3.8) is 0 Å². The molecule has 0 radical (unpaired) electrons. The lowest BCUT2D eigenvalue weighted by molar-refractivity contribution is -0.155. The molecular weight excluding hydrogens is 400 g/mol. The summed E-state index contributed by atoms with van der Waals surface area (Å²) in [4.78, 5) is 11.6. The molecule has 7 heteroatoms. The molecule has 0 bridgehead atoms. The van der Waals surface area contributed by atoms with Crippen LogP contribution in [0.3, 0.4) is 0 Å². The van der Waals surface area contributed by atoms with Crippen LogP contribution in [0.4, 0.5) is 0 Å². The van der Waals surface area contributed by atoms with Crippen molar-refractivity contribution < 1.29 is 33.6 Å².